The number of anilines is 1. The fourth-order valence-electron chi connectivity index (χ4n) is 2.49. The van der Waals surface area contributed by atoms with E-state index in [1.165, 1.54) is 16.7 Å². The number of para-hydroxylation sites is 1. The molecule has 1 aliphatic rings. The number of rotatable bonds is 6. The molecule has 0 spiro atoms. The Morgan fingerprint density at radius 3 is 2.38 bits per heavy atom. The van der Waals surface area contributed by atoms with Crippen LogP contribution in [0.5, 0.6) is 11.5 Å². The second-order valence-corrected chi connectivity index (χ2v) is 6.57. The van der Waals surface area contributed by atoms with Crippen molar-refractivity contribution in [2.45, 2.75) is 11.7 Å². The molecule has 0 bridgehead atoms. The summed E-state index contributed by atoms with van der Waals surface area (Å²) in [5, 5.41) is 8.46. The average molecular weight is 343 g/mol. The molecule has 1 fully saturated rings. The van der Waals surface area contributed by atoms with Crippen molar-refractivity contribution in [1.82, 2.24) is 0 Å². The molecule has 1 aliphatic heterocycles. The first-order chi connectivity index (χ1) is 11.7. The molecule has 6 heteroatoms. The third kappa shape index (κ3) is 3.60. The van der Waals surface area contributed by atoms with Gasteiger partial charge in [0.2, 0.25) is 11.8 Å². The third-order valence-corrected chi connectivity index (χ3v) is 4.78. The second kappa shape index (κ2) is 7.51. The van der Waals surface area contributed by atoms with Crippen molar-refractivity contribution in [3.05, 3.63) is 54.6 Å². The van der Waals surface area contributed by atoms with E-state index in [2.05, 4.69) is 0 Å². The lowest BCUT2D eigenvalue weighted by Gasteiger charge is -2.15. The van der Waals surface area contributed by atoms with E-state index < -0.39 is 5.25 Å². The molecule has 0 unspecified atom stereocenters. The molecule has 0 aliphatic carbocycles. The van der Waals surface area contributed by atoms with Gasteiger partial charge >= 0.3 is 0 Å². The summed E-state index contributed by atoms with van der Waals surface area (Å²) in [6.45, 7) is -0.00579. The standard InChI is InChI=1S/C18H17NO4S/c20-10-11-24-16-12-17(21)19(18(16)22)13-6-8-15(9-7-13)23-14-4-2-1-3-5-14/h1-9,16,20H,10-12H2/t16-/m1/s1. The van der Waals surface area contributed by atoms with Crippen molar-refractivity contribution in [2.75, 3.05) is 17.3 Å². The Morgan fingerprint density at radius 2 is 1.71 bits per heavy atom. The number of thioether (sulfide) groups is 1. The summed E-state index contributed by atoms with van der Waals surface area (Å²) in [4.78, 5) is 25.7. The molecule has 2 aromatic rings. The number of carbonyl (C=O) groups is 2. The molecule has 1 heterocycles. The molecule has 2 aromatic carbocycles. The number of amides is 2. The number of hydrogen-bond donors (Lipinski definition) is 1. The Kier molecular flexibility index (Phi) is 5.17. The van der Waals surface area contributed by atoms with Crippen LogP contribution in [0.25, 0.3) is 0 Å². The highest BCUT2D eigenvalue weighted by atomic mass is 32.2. The van der Waals surface area contributed by atoms with Gasteiger partial charge in [-0.15, -0.1) is 11.8 Å². The van der Waals surface area contributed by atoms with E-state index in [0.717, 1.165) is 5.75 Å². The predicted octanol–water partition coefficient (Wildman–Crippen LogP) is 2.84. The highest BCUT2D eigenvalue weighted by Gasteiger charge is 2.39. The van der Waals surface area contributed by atoms with Crippen LogP contribution in [0.3, 0.4) is 0 Å². The molecule has 0 radical (unpaired) electrons. The Bertz CT molecular complexity index is 718. The monoisotopic (exact) mass is 343 g/mol. The van der Waals surface area contributed by atoms with Crippen LogP contribution in [-0.2, 0) is 9.59 Å². The summed E-state index contributed by atoms with van der Waals surface area (Å²) >= 11 is 1.31. The van der Waals surface area contributed by atoms with Crippen LogP contribution in [0.4, 0.5) is 5.69 Å². The first-order valence-corrected chi connectivity index (χ1v) is 8.66. The molecule has 3 rings (SSSR count). The maximum atomic E-state index is 12.4. The Morgan fingerprint density at radius 1 is 1.04 bits per heavy atom. The highest BCUT2D eigenvalue weighted by Crippen LogP contribution is 2.31. The Labute approximate surface area is 144 Å². The van der Waals surface area contributed by atoms with E-state index in [1.54, 1.807) is 24.3 Å². The van der Waals surface area contributed by atoms with Gasteiger partial charge in [0.15, 0.2) is 0 Å². The molecule has 5 nitrogen and oxygen atoms in total. The molecule has 0 aromatic heterocycles. The molecular weight excluding hydrogens is 326 g/mol. The van der Waals surface area contributed by atoms with Gasteiger partial charge in [0, 0.05) is 12.2 Å². The van der Waals surface area contributed by atoms with Crippen LogP contribution >= 0.6 is 11.8 Å². The van der Waals surface area contributed by atoms with Gasteiger partial charge in [-0.3, -0.25) is 9.59 Å². The van der Waals surface area contributed by atoms with Crippen molar-refractivity contribution in [1.29, 1.82) is 0 Å². The van der Waals surface area contributed by atoms with Crippen LogP contribution < -0.4 is 9.64 Å². The van der Waals surface area contributed by atoms with Gasteiger partial charge in [0.1, 0.15) is 11.5 Å². The predicted molar refractivity (Wildman–Crippen MR) is 93.4 cm³/mol. The van der Waals surface area contributed by atoms with E-state index in [4.69, 9.17) is 9.84 Å². The summed E-state index contributed by atoms with van der Waals surface area (Å²) in [6, 6.07) is 16.3. The van der Waals surface area contributed by atoms with Crippen molar-refractivity contribution < 1.29 is 19.4 Å². The lowest BCUT2D eigenvalue weighted by atomic mass is 10.2. The maximum absolute atomic E-state index is 12.4. The zero-order chi connectivity index (χ0) is 16.9. The minimum atomic E-state index is -0.412. The summed E-state index contributed by atoms with van der Waals surface area (Å²) in [5.41, 5.74) is 0.539. The van der Waals surface area contributed by atoms with Gasteiger partial charge in [-0.2, -0.15) is 0 Å². The number of aliphatic hydroxyl groups excluding tert-OH is 1. The average Bonchev–Trinajstić information content (AvgIpc) is 2.89. The number of benzene rings is 2. The zero-order valence-corrected chi connectivity index (χ0v) is 13.7. The van der Waals surface area contributed by atoms with Crippen molar-refractivity contribution in [3.8, 4) is 11.5 Å². The number of hydrogen-bond acceptors (Lipinski definition) is 5. The van der Waals surface area contributed by atoms with E-state index in [1.807, 2.05) is 30.3 Å². The molecule has 1 saturated heterocycles. The number of aliphatic hydroxyl groups is 1. The fraction of sp³-hybridized carbons (Fsp3) is 0.222. The number of carbonyl (C=O) groups excluding carboxylic acids is 2. The first kappa shape index (κ1) is 16.5. The summed E-state index contributed by atoms with van der Waals surface area (Å²) < 4.78 is 5.70. The van der Waals surface area contributed by atoms with Crippen LogP contribution in [0.1, 0.15) is 6.42 Å². The molecule has 1 atom stereocenters. The van der Waals surface area contributed by atoms with Gasteiger partial charge in [0.25, 0.3) is 0 Å². The highest BCUT2D eigenvalue weighted by molar-refractivity contribution is 8.00. The van der Waals surface area contributed by atoms with Crippen molar-refractivity contribution in [3.63, 3.8) is 0 Å². The molecular formula is C18H17NO4S. The van der Waals surface area contributed by atoms with Gasteiger partial charge in [-0.05, 0) is 36.4 Å². The molecule has 124 valence electrons. The SMILES string of the molecule is O=C1C[C@@H](SCCO)C(=O)N1c1ccc(Oc2ccccc2)cc1. The van der Waals surface area contributed by atoms with Crippen LogP contribution in [0, 0.1) is 0 Å². The number of ether oxygens (including phenoxy) is 1. The molecule has 24 heavy (non-hydrogen) atoms. The van der Waals surface area contributed by atoms with Crippen LogP contribution in [0.2, 0.25) is 0 Å². The van der Waals surface area contributed by atoms with E-state index in [9.17, 15) is 9.59 Å². The second-order valence-electron chi connectivity index (χ2n) is 5.26. The first-order valence-electron chi connectivity index (χ1n) is 7.61. The normalized spacial score (nSPS) is 17.4. The largest absolute Gasteiger partial charge is 0.457 e. The minimum Gasteiger partial charge on any atom is -0.457 e. The quantitative estimate of drug-likeness (QED) is 0.817. The molecule has 0 saturated carbocycles. The number of nitrogens with zero attached hydrogens (tertiary/aromatic N) is 1. The zero-order valence-electron chi connectivity index (χ0n) is 12.9. The smallest absolute Gasteiger partial charge is 0.247 e. The summed E-state index contributed by atoms with van der Waals surface area (Å²) in [5.74, 6) is 1.36. The van der Waals surface area contributed by atoms with Crippen molar-refractivity contribution in [2.24, 2.45) is 0 Å². The van der Waals surface area contributed by atoms with Gasteiger partial charge in [-0.1, -0.05) is 18.2 Å². The lowest BCUT2D eigenvalue weighted by molar-refractivity contribution is -0.121. The molecule has 2 amide bonds. The van der Waals surface area contributed by atoms with E-state index in [-0.39, 0.29) is 24.8 Å². The Balaban J connectivity index is 1.71. The van der Waals surface area contributed by atoms with Gasteiger partial charge in [0.05, 0.1) is 17.5 Å². The number of imide groups is 1. The van der Waals surface area contributed by atoms with Crippen LogP contribution in [0.15, 0.2) is 54.6 Å². The van der Waals surface area contributed by atoms with E-state index in [0.29, 0.717) is 17.2 Å². The van der Waals surface area contributed by atoms with Crippen LogP contribution in [-0.4, -0.2) is 34.5 Å². The fourth-order valence-corrected chi connectivity index (χ4v) is 3.39. The summed E-state index contributed by atoms with van der Waals surface area (Å²) in [6.07, 6.45) is 0.172. The topological polar surface area (TPSA) is 66.8 Å². The Hall–Kier alpha value is -2.31. The third-order valence-electron chi connectivity index (χ3n) is 3.59. The maximum Gasteiger partial charge on any atom is 0.247 e. The van der Waals surface area contributed by atoms with E-state index >= 15 is 0 Å². The van der Waals surface area contributed by atoms with Crippen molar-refractivity contribution >= 4 is 29.3 Å². The van der Waals surface area contributed by atoms with Gasteiger partial charge < -0.3 is 9.84 Å². The minimum absolute atomic E-state index is 0.00579. The summed E-state index contributed by atoms with van der Waals surface area (Å²) in [7, 11) is 0. The lowest BCUT2D eigenvalue weighted by Crippen LogP contribution is -2.31. The van der Waals surface area contributed by atoms with Gasteiger partial charge in [-0.25, -0.2) is 4.90 Å². The molecule has 1 N–H and O–H groups in total.